The number of fused-ring (bicyclic) bond motifs is 1. The van der Waals surface area contributed by atoms with E-state index in [-0.39, 0.29) is 11.4 Å². The zero-order valence-corrected chi connectivity index (χ0v) is 15.0. The van der Waals surface area contributed by atoms with E-state index in [1.165, 1.54) is 30.8 Å². The summed E-state index contributed by atoms with van der Waals surface area (Å²) < 4.78 is 14.3. The predicted octanol–water partition coefficient (Wildman–Crippen LogP) is 2.72. The van der Waals surface area contributed by atoms with Crippen molar-refractivity contribution in [3.05, 3.63) is 54.4 Å². The van der Waals surface area contributed by atoms with Crippen molar-refractivity contribution in [2.45, 2.75) is 24.9 Å². The molecular weight excluding hydrogens is 343 g/mol. The molecule has 2 N–H and O–H groups in total. The second kappa shape index (κ2) is 6.42. The highest BCUT2D eigenvalue weighted by atomic mass is 19.1. The molecule has 3 aromatic rings. The van der Waals surface area contributed by atoms with Gasteiger partial charge in [-0.25, -0.2) is 9.37 Å². The van der Waals surface area contributed by atoms with Crippen molar-refractivity contribution < 1.29 is 4.39 Å². The van der Waals surface area contributed by atoms with E-state index in [1.807, 2.05) is 18.5 Å². The van der Waals surface area contributed by atoms with Gasteiger partial charge in [0.25, 0.3) is 0 Å². The molecule has 1 saturated carbocycles. The molecule has 2 fully saturated rings. The van der Waals surface area contributed by atoms with Gasteiger partial charge in [-0.2, -0.15) is 0 Å². The predicted molar refractivity (Wildman–Crippen MR) is 103 cm³/mol. The van der Waals surface area contributed by atoms with Crippen molar-refractivity contribution in [1.82, 2.24) is 20.3 Å². The van der Waals surface area contributed by atoms with Crippen LogP contribution in [0.3, 0.4) is 0 Å². The molecule has 1 aliphatic carbocycles. The number of nitrogens with one attached hydrogen (secondary N) is 2. The van der Waals surface area contributed by atoms with Gasteiger partial charge in [-0.15, -0.1) is 0 Å². The number of aromatic nitrogens is 3. The van der Waals surface area contributed by atoms with Crippen molar-refractivity contribution in [2.75, 3.05) is 29.9 Å². The Morgan fingerprint density at radius 3 is 2.96 bits per heavy atom. The molecule has 27 heavy (non-hydrogen) atoms. The molecule has 3 heterocycles. The second-order valence-corrected chi connectivity index (χ2v) is 7.30. The summed E-state index contributed by atoms with van der Waals surface area (Å²) in [6.45, 7) is 3.50. The number of nitrogens with zero attached hydrogens (tertiary/aromatic N) is 4. The SMILES string of the molecule is Fc1cc(CNc2cnccc2N2CCNCC23CC3)cc2nccnc12. The van der Waals surface area contributed by atoms with E-state index in [4.69, 9.17) is 0 Å². The van der Waals surface area contributed by atoms with Gasteiger partial charge in [-0.1, -0.05) is 0 Å². The zero-order chi connectivity index (χ0) is 18.3. The van der Waals surface area contributed by atoms with Crippen LogP contribution >= 0.6 is 0 Å². The molecule has 1 saturated heterocycles. The lowest BCUT2D eigenvalue weighted by Gasteiger charge is -2.39. The lowest BCUT2D eigenvalue weighted by molar-refractivity contribution is 0.464. The molecule has 0 radical (unpaired) electrons. The maximum absolute atomic E-state index is 14.3. The summed E-state index contributed by atoms with van der Waals surface area (Å²) in [4.78, 5) is 15.1. The largest absolute Gasteiger partial charge is 0.378 e. The van der Waals surface area contributed by atoms with E-state index in [1.54, 1.807) is 6.20 Å². The average molecular weight is 364 g/mol. The number of rotatable bonds is 4. The minimum atomic E-state index is -0.345. The molecule has 6 nitrogen and oxygen atoms in total. The molecule has 2 aromatic heterocycles. The number of anilines is 2. The molecular formula is C20H21FN6. The van der Waals surface area contributed by atoms with Gasteiger partial charge in [0, 0.05) is 44.8 Å². The smallest absolute Gasteiger partial charge is 0.151 e. The first-order valence-electron chi connectivity index (χ1n) is 9.31. The fraction of sp³-hybridized carbons (Fsp3) is 0.350. The van der Waals surface area contributed by atoms with Crippen LogP contribution in [0.2, 0.25) is 0 Å². The van der Waals surface area contributed by atoms with Crippen LogP contribution in [0.15, 0.2) is 43.0 Å². The van der Waals surface area contributed by atoms with Gasteiger partial charge in [0.1, 0.15) is 5.52 Å². The van der Waals surface area contributed by atoms with Crippen LogP contribution in [0, 0.1) is 5.82 Å². The number of benzene rings is 1. The lowest BCUT2D eigenvalue weighted by Crippen LogP contribution is -2.53. The molecule has 138 valence electrons. The van der Waals surface area contributed by atoms with E-state index in [2.05, 4.69) is 36.6 Å². The second-order valence-electron chi connectivity index (χ2n) is 7.30. The number of hydrogen-bond donors (Lipinski definition) is 2. The third kappa shape index (κ3) is 2.98. The minimum Gasteiger partial charge on any atom is -0.378 e. The Kier molecular flexibility index (Phi) is 3.89. The van der Waals surface area contributed by atoms with Gasteiger partial charge in [0.05, 0.1) is 28.6 Å². The first-order chi connectivity index (χ1) is 13.3. The Morgan fingerprint density at radius 1 is 1.19 bits per heavy atom. The van der Waals surface area contributed by atoms with Crippen LogP contribution in [0.25, 0.3) is 11.0 Å². The molecule has 0 unspecified atom stereocenters. The molecule has 7 heteroatoms. The van der Waals surface area contributed by atoms with Gasteiger partial charge in [-0.3, -0.25) is 9.97 Å². The van der Waals surface area contributed by atoms with Crippen LogP contribution < -0.4 is 15.5 Å². The molecule has 2 aliphatic rings. The van der Waals surface area contributed by atoms with E-state index in [0.717, 1.165) is 30.9 Å². The van der Waals surface area contributed by atoms with Crippen molar-refractivity contribution >= 4 is 22.4 Å². The number of piperazine rings is 1. The maximum Gasteiger partial charge on any atom is 0.151 e. The van der Waals surface area contributed by atoms with Crippen LogP contribution in [0.4, 0.5) is 15.8 Å². The van der Waals surface area contributed by atoms with Crippen LogP contribution in [-0.2, 0) is 6.54 Å². The van der Waals surface area contributed by atoms with Crippen molar-refractivity contribution in [1.29, 1.82) is 0 Å². The fourth-order valence-corrected chi connectivity index (χ4v) is 3.96. The standard InChI is InChI=1S/C20H21FN6/c21-15-9-14(10-16-19(15)25-6-5-24-16)11-26-17-12-22-4-1-18(17)27-8-7-23-13-20(27)2-3-20/h1,4-6,9-10,12,23,26H,2-3,7-8,11,13H2. The Morgan fingerprint density at radius 2 is 2.07 bits per heavy atom. The summed E-state index contributed by atoms with van der Waals surface area (Å²) in [5, 5.41) is 6.95. The van der Waals surface area contributed by atoms with Crippen LogP contribution in [0.1, 0.15) is 18.4 Å². The Labute approximate surface area is 156 Å². The molecule has 0 amide bonds. The number of hydrogen-bond acceptors (Lipinski definition) is 6. The zero-order valence-electron chi connectivity index (χ0n) is 15.0. The van der Waals surface area contributed by atoms with E-state index in [0.29, 0.717) is 17.6 Å². The molecule has 1 aliphatic heterocycles. The van der Waals surface area contributed by atoms with Crippen LogP contribution in [-0.4, -0.2) is 40.1 Å². The topological polar surface area (TPSA) is 66.0 Å². The summed E-state index contributed by atoms with van der Waals surface area (Å²) in [6.07, 6.45) is 9.21. The normalized spacial score (nSPS) is 18.0. The van der Waals surface area contributed by atoms with Crippen molar-refractivity contribution in [2.24, 2.45) is 0 Å². The van der Waals surface area contributed by atoms with E-state index >= 15 is 0 Å². The molecule has 5 rings (SSSR count). The van der Waals surface area contributed by atoms with Gasteiger partial charge in [-0.05, 0) is 36.6 Å². The van der Waals surface area contributed by atoms with E-state index in [9.17, 15) is 4.39 Å². The maximum atomic E-state index is 14.3. The summed E-state index contributed by atoms with van der Waals surface area (Å²) in [7, 11) is 0. The highest BCUT2D eigenvalue weighted by Gasteiger charge is 2.49. The minimum absolute atomic E-state index is 0.251. The summed E-state index contributed by atoms with van der Waals surface area (Å²) in [5.41, 5.74) is 4.10. The van der Waals surface area contributed by atoms with Crippen LogP contribution in [0.5, 0.6) is 0 Å². The first kappa shape index (κ1) is 16.4. The third-order valence-corrected chi connectivity index (χ3v) is 5.52. The molecule has 0 atom stereocenters. The fourth-order valence-electron chi connectivity index (χ4n) is 3.96. The van der Waals surface area contributed by atoms with Gasteiger partial charge in [0.2, 0.25) is 0 Å². The summed E-state index contributed by atoms with van der Waals surface area (Å²) >= 11 is 0. The highest BCUT2D eigenvalue weighted by Crippen LogP contribution is 2.46. The average Bonchev–Trinajstić information content (AvgIpc) is 3.47. The quantitative estimate of drug-likeness (QED) is 0.742. The van der Waals surface area contributed by atoms with Crippen molar-refractivity contribution in [3.63, 3.8) is 0 Å². The van der Waals surface area contributed by atoms with Gasteiger partial charge >= 0.3 is 0 Å². The lowest BCUT2D eigenvalue weighted by atomic mass is 10.1. The molecule has 0 bridgehead atoms. The summed E-state index contributed by atoms with van der Waals surface area (Å²) in [6, 6.07) is 5.47. The first-order valence-corrected chi connectivity index (χ1v) is 9.31. The third-order valence-electron chi connectivity index (χ3n) is 5.52. The van der Waals surface area contributed by atoms with Gasteiger partial charge in [0.15, 0.2) is 5.82 Å². The summed E-state index contributed by atoms with van der Waals surface area (Å²) in [5.74, 6) is -0.345. The van der Waals surface area contributed by atoms with Crippen molar-refractivity contribution in [3.8, 4) is 0 Å². The Balaban J connectivity index is 1.41. The number of halogens is 1. The monoisotopic (exact) mass is 364 g/mol. The highest BCUT2D eigenvalue weighted by molar-refractivity contribution is 5.76. The Hall–Kier alpha value is -2.80. The van der Waals surface area contributed by atoms with Gasteiger partial charge < -0.3 is 15.5 Å². The Bertz CT molecular complexity index is 987. The molecule has 1 spiro atoms. The molecule has 1 aromatic carbocycles. The van der Waals surface area contributed by atoms with E-state index < -0.39 is 0 Å². The number of pyridine rings is 1.